The van der Waals surface area contributed by atoms with Crippen LogP contribution < -0.4 is 5.32 Å². The predicted octanol–water partition coefficient (Wildman–Crippen LogP) is 2.03. The van der Waals surface area contributed by atoms with Crippen LogP contribution in [0.2, 0.25) is 0 Å². The van der Waals surface area contributed by atoms with Crippen molar-refractivity contribution in [1.29, 1.82) is 0 Å². The summed E-state index contributed by atoms with van der Waals surface area (Å²) >= 11 is 0. The van der Waals surface area contributed by atoms with Crippen LogP contribution in [0.5, 0.6) is 0 Å². The minimum absolute atomic E-state index is 0.119. The topological polar surface area (TPSA) is 74.8 Å². The van der Waals surface area contributed by atoms with Crippen LogP contribution in [0.3, 0.4) is 0 Å². The Kier molecular flexibility index (Phi) is 3.91. The summed E-state index contributed by atoms with van der Waals surface area (Å²) in [5.41, 5.74) is 1.54. The molecule has 0 aliphatic rings. The summed E-state index contributed by atoms with van der Waals surface area (Å²) in [5, 5.41) is 3.34. The number of hydrogen-bond donors (Lipinski definition) is 2. The van der Waals surface area contributed by atoms with Gasteiger partial charge in [0.05, 0.1) is 22.0 Å². The summed E-state index contributed by atoms with van der Waals surface area (Å²) in [6, 6.07) is 5.08. The van der Waals surface area contributed by atoms with Crippen LogP contribution in [0.15, 0.2) is 23.1 Å². The highest BCUT2D eigenvalue weighted by molar-refractivity contribution is 7.90. The Labute approximate surface area is 113 Å². The first-order chi connectivity index (χ1) is 8.91. The van der Waals surface area contributed by atoms with Crippen molar-refractivity contribution in [3.05, 3.63) is 24.0 Å². The molecule has 0 saturated carbocycles. The Hall–Kier alpha value is -1.40. The Balaban J connectivity index is 2.35. The Morgan fingerprint density at radius 3 is 2.79 bits per heavy atom. The molecule has 0 radical (unpaired) electrons. The number of H-pyrrole nitrogens is 1. The van der Waals surface area contributed by atoms with E-state index in [1.807, 2.05) is 6.92 Å². The molecular weight excluding hydrogens is 262 g/mol. The molecular formula is C13H19N3O2S. The molecule has 1 unspecified atom stereocenters. The molecule has 0 spiro atoms. The lowest BCUT2D eigenvalue weighted by Gasteiger charge is -2.09. The second kappa shape index (κ2) is 5.30. The summed E-state index contributed by atoms with van der Waals surface area (Å²) in [4.78, 5) is 7.96. The lowest BCUT2D eigenvalue weighted by atomic mass is 10.3. The molecule has 2 rings (SSSR count). The molecule has 1 aromatic heterocycles. The van der Waals surface area contributed by atoms with Gasteiger partial charge in [-0.3, -0.25) is 0 Å². The maximum absolute atomic E-state index is 11.5. The van der Waals surface area contributed by atoms with Gasteiger partial charge in [-0.2, -0.15) is 0 Å². The second-order valence-corrected chi connectivity index (χ2v) is 6.76. The van der Waals surface area contributed by atoms with E-state index in [1.54, 1.807) is 18.2 Å². The zero-order valence-corrected chi connectivity index (χ0v) is 12.2. The molecule has 5 nitrogen and oxygen atoms in total. The van der Waals surface area contributed by atoms with Gasteiger partial charge in [0.25, 0.3) is 0 Å². The highest BCUT2D eigenvalue weighted by Gasteiger charge is 2.12. The number of rotatable bonds is 5. The number of aromatic nitrogens is 2. The normalized spacial score (nSPS) is 13.8. The van der Waals surface area contributed by atoms with Crippen molar-refractivity contribution in [2.24, 2.45) is 0 Å². The van der Waals surface area contributed by atoms with Crippen molar-refractivity contribution < 1.29 is 8.42 Å². The van der Waals surface area contributed by atoms with E-state index in [-0.39, 0.29) is 6.04 Å². The van der Waals surface area contributed by atoms with Crippen LogP contribution >= 0.6 is 0 Å². The molecule has 0 aliphatic carbocycles. The Bertz CT molecular complexity index is 676. The molecule has 2 N–H and O–H groups in total. The van der Waals surface area contributed by atoms with E-state index in [2.05, 4.69) is 22.2 Å². The number of fused-ring (bicyclic) bond motifs is 1. The summed E-state index contributed by atoms with van der Waals surface area (Å²) in [5.74, 6) is 0.828. The Morgan fingerprint density at radius 2 is 2.16 bits per heavy atom. The molecule has 19 heavy (non-hydrogen) atoms. The zero-order chi connectivity index (χ0) is 14.0. The first-order valence-corrected chi connectivity index (χ1v) is 8.24. The molecule has 1 heterocycles. The van der Waals surface area contributed by atoms with Crippen LogP contribution in [0, 0.1) is 0 Å². The van der Waals surface area contributed by atoms with Gasteiger partial charge in [-0.25, -0.2) is 13.4 Å². The standard InChI is InChI=1S/C13H19N3O2S/c1-4-7-14-9(2)13-15-11-6-5-10(19(3,17)18)8-12(11)16-13/h5-6,8-9,14H,4,7H2,1-3H3,(H,15,16). The van der Waals surface area contributed by atoms with Gasteiger partial charge in [0.2, 0.25) is 0 Å². The minimum Gasteiger partial charge on any atom is -0.341 e. The van der Waals surface area contributed by atoms with Crippen LogP contribution in [-0.2, 0) is 9.84 Å². The fourth-order valence-corrected chi connectivity index (χ4v) is 2.55. The van der Waals surface area contributed by atoms with Crippen molar-refractivity contribution >= 4 is 20.9 Å². The molecule has 0 amide bonds. The lowest BCUT2D eigenvalue weighted by molar-refractivity contribution is 0.550. The van der Waals surface area contributed by atoms with E-state index in [0.717, 1.165) is 29.8 Å². The van der Waals surface area contributed by atoms with Gasteiger partial charge in [0.15, 0.2) is 9.84 Å². The van der Waals surface area contributed by atoms with Crippen LogP contribution in [0.1, 0.15) is 32.1 Å². The lowest BCUT2D eigenvalue weighted by Crippen LogP contribution is -2.20. The number of hydrogen-bond acceptors (Lipinski definition) is 4. The highest BCUT2D eigenvalue weighted by atomic mass is 32.2. The van der Waals surface area contributed by atoms with E-state index >= 15 is 0 Å². The van der Waals surface area contributed by atoms with Gasteiger partial charge in [-0.15, -0.1) is 0 Å². The largest absolute Gasteiger partial charge is 0.341 e. The van der Waals surface area contributed by atoms with Gasteiger partial charge in [-0.05, 0) is 38.1 Å². The van der Waals surface area contributed by atoms with E-state index in [4.69, 9.17) is 0 Å². The van der Waals surface area contributed by atoms with Gasteiger partial charge in [-0.1, -0.05) is 6.92 Å². The molecule has 1 atom stereocenters. The fourth-order valence-electron chi connectivity index (χ4n) is 1.90. The van der Waals surface area contributed by atoms with E-state index in [1.165, 1.54) is 6.26 Å². The molecule has 104 valence electrons. The number of nitrogens with zero attached hydrogens (tertiary/aromatic N) is 1. The van der Waals surface area contributed by atoms with Crippen molar-refractivity contribution in [3.63, 3.8) is 0 Å². The molecule has 0 bridgehead atoms. The van der Waals surface area contributed by atoms with E-state index in [9.17, 15) is 8.42 Å². The number of sulfone groups is 1. The van der Waals surface area contributed by atoms with Gasteiger partial charge >= 0.3 is 0 Å². The first-order valence-electron chi connectivity index (χ1n) is 6.35. The SMILES string of the molecule is CCCNC(C)c1nc2ccc(S(C)(=O)=O)cc2[nH]1. The van der Waals surface area contributed by atoms with Crippen LogP contribution in [-0.4, -0.2) is 31.2 Å². The zero-order valence-electron chi connectivity index (χ0n) is 11.4. The van der Waals surface area contributed by atoms with Crippen molar-refractivity contribution in [3.8, 4) is 0 Å². The minimum atomic E-state index is -3.18. The van der Waals surface area contributed by atoms with Crippen molar-refractivity contribution in [2.45, 2.75) is 31.2 Å². The summed E-state index contributed by atoms with van der Waals surface area (Å²) in [7, 11) is -3.18. The van der Waals surface area contributed by atoms with E-state index < -0.39 is 9.84 Å². The van der Waals surface area contributed by atoms with Crippen molar-refractivity contribution in [1.82, 2.24) is 15.3 Å². The fraction of sp³-hybridized carbons (Fsp3) is 0.462. The Morgan fingerprint density at radius 1 is 1.42 bits per heavy atom. The monoisotopic (exact) mass is 281 g/mol. The summed E-state index contributed by atoms with van der Waals surface area (Å²) in [6.07, 6.45) is 2.26. The van der Waals surface area contributed by atoms with Crippen LogP contribution in [0.4, 0.5) is 0 Å². The quantitative estimate of drug-likeness (QED) is 0.879. The smallest absolute Gasteiger partial charge is 0.175 e. The van der Waals surface area contributed by atoms with E-state index in [0.29, 0.717) is 4.90 Å². The summed E-state index contributed by atoms with van der Waals surface area (Å²) in [6.45, 7) is 5.06. The van der Waals surface area contributed by atoms with Gasteiger partial charge in [0.1, 0.15) is 5.82 Å². The average Bonchev–Trinajstić information content (AvgIpc) is 2.77. The third-order valence-electron chi connectivity index (χ3n) is 3.01. The number of nitrogens with one attached hydrogen (secondary N) is 2. The third kappa shape index (κ3) is 3.13. The first kappa shape index (κ1) is 14.0. The number of imidazole rings is 1. The molecule has 2 aromatic rings. The maximum Gasteiger partial charge on any atom is 0.175 e. The highest BCUT2D eigenvalue weighted by Crippen LogP contribution is 2.19. The van der Waals surface area contributed by atoms with Crippen molar-refractivity contribution in [2.75, 3.05) is 12.8 Å². The maximum atomic E-state index is 11.5. The molecule has 1 aromatic carbocycles. The third-order valence-corrected chi connectivity index (χ3v) is 4.12. The van der Waals surface area contributed by atoms with Gasteiger partial charge < -0.3 is 10.3 Å². The summed E-state index contributed by atoms with van der Waals surface area (Å²) < 4.78 is 23.0. The molecule has 6 heteroatoms. The average molecular weight is 281 g/mol. The molecule has 0 fully saturated rings. The molecule has 0 saturated heterocycles. The van der Waals surface area contributed by atoms with Gasteiger partial charge in [0, 0.05) is 6.26 Å². The second-order valence-electron chi connectivity index (χ2n) is 4.75. The number of benzene rings is 1. The van der Waals surface area contributed by atoms with Crippen LogP contribution in [0.25, 0.3) is 11.0 Å². The molecule has 0 aliphatic heterocycles. The number of aromatic amines is 1. The predicted molar refractivity (Wildman–Crippen MR) is 75.9 cm³/mol.